The highest BCUT2D eigenvalue weighted by Gasteiger charge is 2.21. The zero-order chi connectivity index (χ0) is 20.8. The van der Waals surface area contributed by atoms with Crippen molar-refractivity contribution in [1.82, 2.24) is 14.9 Å². The number of aromatic nitrogens is 2. The van der Waals surface area contributed by atoms with E-state index in [9.17, 15) is 9.18 Å². The Morgan fingerprint density at radius 2 is 1.90 bits per heavy atom. The molecule has 1 heterocycles. The highest BCUT2D eigenvalue weighted by molar-refractivity contribution is 5.89. The number of anilines is 2. The minimum atomic E-state index is -0.377. The Labute approximate surface area is 175 Å². The van der Waals surface area contributed by atoms with Gasteiger partial charge >= 0.3 is 6.03 Å². The summed E-state index contributed by atoms with van der Waals surface area (Å²) < 4.78 is 15.5. The molecule has 0 radical (unpaired) electrons. The number of benzene rings is 2. The first-order chi connectivity index (χ1) is 14.7. The molecule has 3 aromatic rings. The molecule has 1 aliphatic carbocycles. The normalized spacial score (nSPS) is 14.6. The van der Waals surface area contributed by atoms with E-state index in [4.69, 9.17) is 4.98 Å². The van der Waals surface area contributed by atoms with Crippen LogP contribution in [0, 0.1) is 5.82 Å². The van der Waals surface area contributed by atoms with E-state index in [0.29, 0.717) is 24.8 Å². The van der Waals surface area contributed by atoms with Crippen molar-refractivity contribution < 1.29 is 9.18 Å². The highest BCUT2D eigenvalue weighted by Crippen LogP contribution is 2.34. The van der Waals surface area contributed by atoms with E-state index in [1.54, 1.807) is 12.1 Å². The van der Waals surface area contributed by atoms with Crippen molar-refractivity contribution in [3.63, 3.8) is 0 Å². The van der Waals surface area contributed by atoms with Gasteiger partial charge in [0.1, 0.15) is 5.82 Å². The Bertz CT molecular complexity index is 996. The Morgan fingerprint density at radius 1 is 1.07 bits per heavy atom. The lowest BCUT2D eigenvalue weighted by Crippen LogP contribution is -2.30. The van der Waals surface area contributed by atoms with Crippen molar-refractivity contribution in [2.24, 2.45) is 0 Å². The molecule has 30 heavy (non-hydrogen) atoms. The van der Waals surface area contributed by atoms with E-state index in [-0.39, 0.29) is 11.8 Å². The van der Waals surface area contributed by atoms with Crippen LogP contribution in [0.5, 0.6) is 0 Å². The number of fused-ring (bicyclic) bond motifs is 1. The molecule has 2 amide bonds. The van der Waals surface area contributed by atoms with Gasteiger partial charge in [0.25, 0.3) is 0 Å². The average Bonchev–Trinajstić information content (AvgIpc) is 3.12. The minimum Gasteiger partial charge on any atom is -0.356 e. The molecule has 0 unspecified atom stereocenters. The van der Waals surface area contributed by atoms with Crippen LogP contribution in [0.15, 0.2) is 48.5 Å². The minimum absolute atomic E-state index is 0.338. The summed E-state index contributed by atoms with van der Waals surface area (Å²) in [6.45, 7) is 1.22. The predicted octanol–water partition coefficient (Wildman–Crippen LogP) is 5.30. The van der Waals surface area contributed by atoms with Gasteiger partial charge in [0, 0.05) is 24.8 Å². The van der Waals surface area contributed by atoms with Gasteiger partial charge in [-0.1, -0.05) is 37.5 Å². The van der Waals surface area contributed by atoms with Crippen molar-refractivity contribution in [1.29, 1.82) is 0 Å². The Balaban J connectivity index is 1.30. The van der Waals surface area contributed by atoms with Gasteiger partial charge in [-0.15, -0.1) is 0 Å². The Kier molecular flexibility index (Phi) is 6.47. The number of hydrogen-bond acceptors (Lipinski definition) is 3. The van der Waals surface area contributed by atoms with Crippen molar-refractivity contribution in [3.05, 3.63) is 54.3 Å². The van der Waals surface area contributed by atoms with E-state index in [0.717, 1.165) is 17.9 Å². The van der Waals surface area contributed by atoms with E-state index in [1.807, 2.05) is 6.07 Å². The van der Waals surface area contributed by atoms with Gasteiger partial charge < -0.3 is 20.5 Å². The van der Waals surface area contributed by atoms with Gasteiger partial charge in [-0.05, 0) is 49.6 Å². The molecule has 1 saturated carbocycles. The number of amides is 2. The molecule has 0 saturated heterocycles. The molecule has 0 spiro atoms. The number of rotatable bonds is 7. The summed E-state index contributed by atoms with van der Waals surface area (Å²) in [6, 6.07) is 14.3. The Morgan fingerprint density at radius 3 is 2.73 bits per heavy atom. The second-order valence-electron chi connectivity index (χ2n) is 7.76. The molecule has 3 N–H and O–H groups in total. The van der Waals surface area contributed by atoms with Crippen LogP contribution in [0.3, 0.4) is 0 Å². The number of urea groups is 1. The average molecular weight is 410 g/mol. The third-order valence-electron chi connectivity index (χ3n) is 5.54. The zero-order valence-corrected chi connectivity index (χ0v) is 17.0. The fourth-order valence-corrected chi connectivity index (χ4v) is 4.11. The predicted molar refractivity (Wildman–Crippen MR) is 118 cm³/mol. The molecule has 2 aromatic carbocycles. The number of para-hydroxylation sites is 2. The van der Waals surface area contributed by atoms with Crippen LogP contribution in [0.1, 0.15) is 44.6 Å². The molecule has 158 valence electrons. The number of carbonyl (C=O) groups excluding carboxylic acids is 1. The molecule has 1 aromatic heterocycles. The van der Waals surface area contributed by atoms with Gasteiger partial charge in [0.15, 0.2) is 0 Å². The summed E-state index contributed by atoms with van der Waals surface area (Å²) in [4.78, 5) is 16.8. The summed E-state index contributed by atoms with van der Waals surface area (Å²) in [6.07, 6.45) is 6.98. The maximum atomic E-state index is 13.2. The smallest absolute Gasteiger partial charge is 0.319 e. The van der Waals surface area contributed by atoms with Crippen LogP contribution in [-0.4, -0.2) is 28.7 Å². The van der Waals surface area contributed by atoms with E-state index >= 15 is 0 Å². The first kappa shape index (κ1) is 20.2. The topological polar surface area (TPSA) is 71.0 Å². The van der Waals surface area contributed by atoms with E-state index in [2.05, 4.69) is 38.7 Å². The molecule has 1 fully saturated rings. The summed E-state index contributed by atoms with van der Waals surface area (Å²) in [5.41, 5.74) is 2.63. The lowest BCUT2D eigenvalue weighted by molar-refractivity contribution is 0.252. The van der Waals surface area contributed by atoms with Crippen molar-refractivity contribution in [3.8, 4) is 0 Å². The summed E-state index contributed by atoms with van der Waals surface area (Å²) in [5, 5.41) is 8.90. The highest BCUT2D eigenvalue weighted by atomic mass is 19.1. The number of hydrogen-bond donors (Lipinski definition) is 3. The summed E-state index contributed by atoms with van der Waals surface area (Å²) in [5.74, 6) is 0.533. The van der Waals surface area contributed by atoms with Crippen LogP contribution in [0.2, 0.25) is 0 Å². The van der Waals surface area contributed by atoms with E-state index in [1.165, 1.54) is 49.8 Å². The SMILES string of the molecule is O=C(NCCCNc1nc2ccccc2n1C1CCCCC1)Nc1cccc(F)c1. The van der Waals surface area contributed by atoms with Gasteiger partial charge in [0.2, 0.25) is 5.95 Å². The summed E-state index contributed by atoms with van der Waals surface area (Å²) >= 11 is 0. The molecule has 1 aliphatic rings. The molecule has 0 bridgehead atoms. The third kappa shape index (κ3) is 4.90. The first-order valence-corrected chi connectivity index (χ1v) is 10.7. The zero-order valence-electron chi connectivity index (χ0n) is 17.0. The van der Waals surface area contributed by atoms with Crippen LogP contribution in [0.25, 0.3) is 11.0 Å². The first-order valence-electron chi connectivity index (χ1n) is 10.7. The van der Waals surface area contributed by atoms with Crippen molar-refractivity contribution in [2.75, 3.05) is 23.7 Å². The molecule has 4 rings (SSSR count). The lowest BCUT2D eigenvalue weighted by Gasteiger charge is -2.25. The van der Waals surface area contributed by atoms with Crippen LogP contribution in [0.4, 0.5) is 20.8 Å². The molecular weight excluding hydrogens is 381 g/mol. The quantitative estimate of drug-likeness (QED) is 0.464. The van der Waals surface area contributed by atoms with Crippen LogP contribution >= 0.6 is 0 Å². The van der Waals surface area contributed by atoms with Crippen LogP contribution in [-0.2, 0) is 0 Å². The fourth-order valence-electron chi connectivity index (χ4n) is 4.11. The summed E-state index contributed by atoms with van der Waals surface area (Å²) in [7, 11) is 0. The molecule has 0 atom stereocenters. The number of imidazole rings is 1. The maximum absolute atomic E-state index is 13.2. The monoisotopic (exact) mass is 409 g/mol. The molecule has 7 heteroatoms. The second-order valence-corrected chi connectivity index (χ2v) is 7.76. The fraction of sp³-hybridized carbons (Fsp3) is 0.391. The van der Waals surface area contributed by atoms with Gasteiger partial charge in [-0.25, -0.2) is 14.2 Å². The Hall–Kier alpha value is -3.09. The van der Waals surface area contributed by atoms with E-state index < -0.39 is 0 Å². The van der Waals surface area contributed by atoms with Gasteiger partial charge in [-0.2, -0.15) is 0 Å². The largest absolute Gasteiger partial charge is 0.356 e. The third-order valence-corrected chi connectivity index (χ3v) is 5.54. The standard InChI is InChI=1S/C23H28FN5O/c24-17-8-6-9-18(16-17)27-23(30)26-15-7-14-25-22-28-20-12-4-5-13-21(20)29(22)19-10-2-1-3-11-19/h4-6,8-9,12-13,16,19H,1-3,7,10-11,14-15H2,(H,25,28)(H2,26,27,30). The molecular formula is C23H28FN5O. The van der Waals surface area contributed by atoms with Crippen molar-refractivity contribution in [2.45, 2.75) is 44.6 Å². The van der Waals surface area contributed by atoms with Crippen molar-refractivity contribution >= 4 is 28.7 Å². The second kappa shape index (κ2) is 9.61. The number of halogens is 1. The van der Waals surface area contributed by atoms with Gasteiger partial charge in [-0.3, -0.25) is 0 Å². The van der Waals surface area contributed by atoms with Crippen LogP contribution < -0.4 is 16.0 Å². The number of carbonyl (C=O) groups is 1. The number of nitrogens with one attached hydrogen (secondary N) is 3. The molecule has 0 aliphatic heterocycles. The number of nitrogens with zero attached hydrogens (tertiary/aromatic N) is 2. The van der Waals surface area contributed by atoms with Gasteiger partial charge in [0.05, 0.1) is 11.0 Å². The lowest BCUT2D eigenvalue weighted by atomic mass is 9.95. The molecule has 6 nitrogen and oxygen atoms in total. The maximum Gasteiger partial charge on any atom is 0.319 e.